The highest BCUT2D eigenvalue weighted by molar-refractivity contribution is 6.30. The number of halogens is 1. The maximum Gasteiger partial charge on any atom is 0.242 e. The van der Waals surface area contributed by atoms with E-state index < -0.39 is 6.04 Å². The summed E-state index contributed by atoms with van der Waals surface area (Å²) in [7, 11) is 1.89. The molecule has 8 heteroatoms. The Morgan fingerprint density at radius 2 is 1.94 bits per heavy atom. The summed E-state index contributed by atoms with van der Waals surface area (Å²) in [6.45, 7) is 1.37. The van der Waals surface area contributed by atoms with Crippen LogP contribution in [0, 0.1) is 0 Å². The fourth-order valence-electron chi connectivity index (χ4n) is 4.00. The molecule has 2 N–H and O–H groups in total. The first kappa shape index (κ1) is 23.0. The zero-order valence-corrected chi connectivity index (χ0v) is 19.4. The minimum absolute atomic E-state index is 0.0994. The largest absolute Gasteiger partial charge is 0.354 e. The third kappa shape index (κ3) is 6.00. The number of nitrogens with one attached hydrogen (secondary N) is 2. The summed E-state index contributed by atoms with van der Waals surface area (Å²) < 4.78 is 1.85. The van der Waals surface area contributed by atoms with Crippen molar-refractivity contribution in [1.82, 2.24) is 25.3 Å². The second kappa shape index (κ2) is 10.6. The molecule has 0 radical (unpaired) electrons. The minimum Gasteiger partial charge on any atom is -0.354 e. The molecule has 1 aliphatic heterocycles. The molecular weight excluding hydrogens is 438 g/mol. The fourth-order valence-corrected chi connectivity index (χ4v) is 4.12. The molecule has 0 aliphatic carbocycles. The first-order valence-corrected chi connectivity index (χ1v) is 11.5. The first-order chi connectivity index (χ1) is 16.0. The molecular formula is C25H28ClN5O2. The number of nitrogens with zero attached hydrogens (tertiary/aromatic N) is 3. The van der Waals surface area contributed by atoms with Crippen molar-refractivity contribution in [1.29, 1.82) is 0 Å². The van der Waals surface area contributed by atoms with Gasteiger partial charge in [-0.25, -0.2) is 4.68 Å². The second-order valence-electron chi connectivity index (χ2n) is 8.37. The number of hydrogen-bond acceptors (Lipinski definition) is 4. The van der Waals surface area contributed by atoms with Gasteiger partial charge in [0.1, 0.15) is 6.04 Å². The average Bonchev–Trinajstić information content (AvgIpc) is 3.11. The highest BCUT2D eigenvalue weighted by atomic mass is 35.5. The number of aromatic nitrogens is 2. The molecule has 0 spiro atoms. The van der Waals surface area contributed by atoms with Gasteiger partial charge >= 0.3 is 0 Å². The molecule has 2 heterocycles. The molecule has 33 heavy (non-hydrogen) atoms. The topological polar surface area (TPSA) is 79.3 Å². The minimum atomic E-state index is -0.459. The summed E-state index contributed by atoms with van der Waals surface area (Å²) in [5, 5.41) is 11.2. The van der Waals surface area contributed by atoms with E-state index in [0.717, 1.165) is 35.3 Å². The summed E-state index contributed by atoms with van der Waals surface area (Å²) >= 11 is 6.08. The summed E-state index contributed by atoms with van der Waals surface area (Å²) in [6, 6.07) is 17.0. The molecule has 4 rings (SSSR count). The summed E-state index contributed by atoms with van der Waals surface area (Å²) in [4.78, 5) is 26.7. The Hall–Kier alpha value is -3.16. The van der Waals surface area contributed by atoms with Gasteiger partial charge in [-0.2, -0.15) is 5.10 Å². The lowest BCUT2D eigenvalue weighted by Crippen LogP contribution is -2.48. The molecule has 2 amide bonds. The van der Waals surface area contributed by atoms with Crippen LogP contribution in [-0.4, -0.2) is 52.7 Å². The van der Waals surface area contributed by atoms with Crippen molar-refractivity contribution < 1.29 is 9.59 Å². The van der Waals surface area contributed by atoms with Crippen molar-refractivity contribution in [2.75, 3.05) is 20.1 Å². The van der Waals surface area contributed by atoms with Gasteiger partial charge in [-0.05, 0) is 50.6 Å². The van der Waals surface area contributed by atoms with E-state index >= 15 is 0 Å². The quantitative estimate of drug-likeness (QED) is 0.560. The van der Waals surface area contributed by atoms with Crippen LogP contribution in [0.3, 0.4) is 0 Å². The van der Waals surface area contributed by atoms with Gasteiger partial charge in [0.2, 0.25) is 11.8 Å². The Bertz CT molecular complexity index is 1100. The van der Waals surface area contributed by atoms with Crippen molar-refractivity contribution >= 4 is 23.4 Å². The Morgan fingerprint density at radius 3 is 2.70 bits per heavy atom. The number of carbonyl (C=O) groups is 2. The summed E-state index contributed by atoms with van der Waals surface area (Å²) in [5.74, 6) is -0.263. The molecule has 1 unspecified atom stereocenters. The van der Waals surface area contributed by atoms with Crippen LogP contribution in [0.5, 0.6) is 0 Å². The third-order valence-electron chi connectivity index (χ3n) is 5.65. The standard InChI is InChI=1S/C25H28ClN5O2/c1-30(17-23(32)28-22-9-5-6-14-27-25(22)33)15-19-16-31(21-7-3-2-4-8-21)29-24(19)18-10-12-20(26)13-11-18/h2-4,7-8,10-13,16,22H,5-6,9,14-15,17H2,1H3,(H,27,33)(H,28,32). The average molecular weight is 466 g/mol. The molecule has 1 fully saturated rings. The molecule has 0 bridgehead atoms. The zero-order chi connectivity index (χ0) is 23.2. The number of likely N-dealkylation sites (N-methyl/N-ethyl adjacent to an activating group) is 1. The van der Waals surface area contributed by atoms with Gasteiger partial charge in [-0.15, -0.1) is 0 Å². The molecule has 1 atom stereocenters. The molecule has 1 aromatic heterocycles. The number of para-hydroxylation sites is 1. The Balaban J connectivity index is 1.49. The van der Waals surface area contributed by atoms with Gasteiger partial charge in [0, 0.05) is 35.4 Å². The maximum absolute atomic E-state index is 12.6. The Kier molecular flexibility index (Phi) is 7.42. The van der Waals surface area contributed by atoms with Gasteiger partial charge in [-0.3, -0.25) is 14.5 Å². The van der Waals surface area contributed by atoms with Crippen LogP contribution in [0.4, 0.5) is 0 Å². The van der Waals surface area contributed by atoms with Crippen LogP contribution in [0.15, 0.2) is 60.8 Å². The van der Waals surface area contributed by atoms with Crippen LogP contribution in [0.2, 0.25) is 5.02 Å². The van der Waals surface area contributed by atoms with E-state index in [4.69, 9.17) is 16.7 Å². The Morgan fingerprint density at radius 1 is 1.18 bits per heavy atom. The summed E-state index contributed by atoms with van der Waals surface area (Å²) in [5.41, 5.74) is 3.74. The molecule has 0 saturated carbocycles. The number of benzene rings is 2. The van der Waals surface area contributed by atoms with E-state index in [2.05, 4.69) is 10.6 Å². The molecule has 1 aliphatic rings. The van der Waals surface area contributed by atoms with Gasteiger partial charge in [0.15, 0.2) is 0 Å². The number of amides is 2. The third-order valence-corrected chi connectivity index (χ3v) is 5.90. The van der Waals surface area contributed by atoms with Crippen LogP contribution < -0.4 is 10.6 Å². The van der Waals surface area contributed by atoms with Gasteiger partial charge in [-0.1, -0.05) is 41.9 Å². The zero-order valence-electron chi connectivity index (χ0n) is 18.6. The van der Waals surface area contributed by atoms with Crippen molar-refractivity contribution in [2.45, 2.75) is 31.8 Å². The maximum atomic E-state index is 12.6. The lowest BCUT2D eigenvalue weighted by Gasteiger charge is -2.19. The van der Waals surface area contributed by atoms with E-state index in [1.807, 2.05) is 77.4 Å². The fraction of sp³-hybridized carbons (Fsp3) is 0.320. The van der Waals surface area contributed by atoms with Crippen molar-refractivity contribution in [3.8, 4) is 16.9 Å². The van der Waals surface area contributed by atoms with Crippen molar-refractivity contribution in [3.63, 3.8) is 0 Å². The molecule has 172 valence electrons. The summed E-state index contributed by atoms with van der Waals surface area (Å²) in [6.07, 6.45) is 4.53. The number of carbonyl (C=O) groups excluding carboxylic acids is 2. The predicted octanol–water partition coefficient (Wildman–Crippen LogP) is 3.41. The van der Waals surface area contributed by atoms with Crippen molar-refractivity contribution in [2.24, 2.45) is 0 Å². The highest BCUT2D eigenvalue weighted by Gasteiger charge is 2.23. The number of hydrogen-bond donors (Lipinski definition) is 2. The lowest BCUT2D eigenvalue weighted by molar-refractivity contribution is -0.129. The van der Waals surface area contributed by atoms with Crippen LogP contribution in [0.25, 0.3) is 16.9 Å². The van der Waals surface area contributed by atoms with Gasteiger partial charge in [0.25, 0.3) is 0 Å². The highest BCUT2D eigenvalue weighted by Crippen LogP contribution is 2.26. The first-order valence-electron chi connectivity index (χ1n) is 11.1. The van der Waals surface area contributed by atoms with E-state index in [1.165, 1.54) is 0 Å². The van der Waals surface area contributed by atoms with Gasteiger partial charge < -0.3 is 10.6 Å². The van der Waals surface area contributed by atoms with E-state index in [1.54, 1.807) is 0 Å². The smallest absolute Gasteiger partial charge is 0.242 e. The van der Waals surface area contributed by atoms with Crippen LogP contribution >= 0.6 is 11.6 Å². The van der Waals surface area contributed by atoms with E-state index in [-0.39, 0.29) is 18.4 Å². The molecule has 3 aromatic rings. The monoisotopic (exact) mass is 465 g/mol. The predicted molar refractivity (Wildman–Crippen MR) is 129 cm³/mol. The van der Waals surface area contributed by atoms with Crippen LogP contribution in [0.1, 0.15) is 24.8 Å². The van der Waals surface area contributed by atoms with Gasteiger partial charge in [0.05, 0.1) is 17.9 Å². The van der Waals surface area contributed by atoms with E-state index in [9.17, 15) is 9.59 Å². The lowest BCUT2D eigenvalue weighted by atomic mass is 10.1. The normalized spacial score (nSPS) is 16.3. The number of rotatable bonds is 7. The SMILES string of the molecule is CN(CC(=O)NC1CCCCNC1=O)Cc1cn(-c2ccccc2)nc1-c1ccc(Cl)cc1. The molecule has 7 nitrogen and oxygen atoms in total. The molecule has 2 aromatic carbocycles. The molecule has 1 saturated heterocycles. The second-order valence-corrected chi connectivity index (χ2v) is 8.81. The van der Waals surface area contributed by atoms with Crippen molar-refractivity contribution in [3.05, 3.63) is 71.4 Å². The van der Waals surface area contributed by atoms with Crippen LogP contribution in [-0.2, 0) is 16.1 Å². The Labute approximate surface area is 198 Å². The van der Waals surface area contributed by atoms with E-state index in [0.29, 0.717) is 24.5 Å².